The average molecular weight is 279 g/mol. The average Bonchev–Trinajstić information content (AvgIpc) is 2.88. The molecule has 0 amide bonds. The van der Waals surface area contributed by atoms with Crippen molar-refractivity contribution in [3.05, 3.63) is 0 Å². The van der Waals surface area contributed by atoms with Gasteiger partial charge < -0.3 is 15.0 Å². The molecule has 1 atom stereocenters. The lowest BCUT2D eigenvalue weighted by atomic mass is 9.80. The molecule has 2 rings (SSSR count). The van der Waals surface area contributed by atoms with Gasteiger partial charge in [0, 0.05) is 20.1 Å². The van der Waals surface area contributed by atoms with Crippen molar-refractivity contribution in [2.45, 2.75) is 34.1 Å². The summed E-state index contributed by atoms with van der Waals surface area (Å²) in [5.74, 6) is 1.92. The van der Waals surface area contributed by atoms with E-state index in [1.54, 1.807) is 7.05 Å². The minimum absolute atomic E-state index is 0.316. The summed E-state index contributed by atoms with van der Waals surface area (Å²) in [6, 6.07) is 0.390. The van der Waals surface area contributed by atoms with Crippen LogP contribution in [0.5, 0.6) is 6.01 Å². The second-order valence-corrected chi connectivity index (χ2v) is 6.22. The van der Waals surface area contributed by atoms with E-state index in [2.05, 4.69) is 45.9 Å². The molecule has 0 bridgehead atoms. The molecule has 6 heteroatoms. The Morgan fingerprint density at radius 2 is 2.05 bits per heavy atom. The number of ether oxygens (including phenoxy) is 1. The maximum atomic E-state index is 5.41. The van der Waals surface area contributed by atoms with Crippen molar-refractivity contribution >= 4 is 11.9 Å². The molecule has 1 aliphatic heterocycles. The smallest absolute Gasteiger partial charge is 0.323 e. The zero-order valence-electron chi connectivity index (χ0n) is 13.1. The predicted molar refractivity (Wildman–Crippen MR) is 80.3 cm³/mol. The Kier molecular flexibility index (Phi) is 4.30. The topological polar surface area (TPSA) is 63.2 Å². The summed E-state index contributed by atoms with van der Waals surface area (Å²) < 4.78 is 5.41. The van der Waals surface area contributed by atoms with Gasteiger partial charge in [-0.3, -0.25) is 0 Å². The zero-order chi connectivity index (χ0) is 14.8. The highest BCUT2D eigenvalue weighted by Gasteiger charge is 2.33. The summed E-state index contributed by atoms with van der Waals surface area (Å²) >= 11 is 0. The molecule has 0 spiro atoms. The third kappa shape index (κ3) is 3.29. The highest BCUT2D eigenvalue weighted by Crippen LogP contribution is 2.35. The molecule has 1 N–H and O–H groups in total. The minimum Gasteiger partial charge on any atom is -0.464 e. The molecule has 1 saturated heterocycles. The molecule has 0 aromatic carbocycles. The van der Waals surface area contributed by atoms with Crippen LogP contribution in [0.2, 0.25) is 0 Å². The van der Waals surface area contributed by atoms with Crippen molar-refractivity contribution in [2.75, 3.05) is 37.0 Å². The standard InChI is InChI=1S/C14H25N5O/c1-6-20-13-17-11(15-5)16-12(18-13)19-8-7-10(9-19)14(2,3)4/h10H,6-9H2,1-5H3,(H,15,16,17,18). The summed E-state index contributed by atoms with van der Waals surface area (Å²) in [5.41, 5.74) is 0.316. The van der Waals surface area contributed by atoms with E-state index in [4.69, 9.17) is 4.74 Å². The van der Waals surface area contributed by atoms with Gasteiger partial charge >= 0.3 is 6.01 Å². The Morgan fingerprint density at radius 3 is 2.60 bits per heavy atom. The van der Waals surface area contributed by atoms with Crippen LogP contribution in [0, 0.1) is 11.3 Å². The third-order valence-electron chi connectivity index (χ3n) is 3.80. The quantitative estimate of drug-likeness (QED) is 0.911. The van der Waals surface area contributed by atoms with Crippen molar-refractivity contribution in [1.29, 1.82) is 0 Å². The lowest BCUT2D eigenvalue weighted by molar-refractivity contribution is 0.263. The van der Waals surface area contributed by atoms with Crippen LogP contribution in [0.25, 0.3) is 0 Å². The summed E-state index contributed by atoms with van der Waals surface area (Å²) in [5, 5.41) is 2.96. The molecule has 20 heavy (non-hydrogen) atoms. The predicted octanol–water partition coefficient (Wildman–Crippen LogP) is 2.18. The van der Waals surface area contributed by atoms with Gasteiger partial charge in [-0.25, -0.2) is 0 Å². The molecule has 1 aromatic rings. The first-order valence-electron chi connectivity index (χ1n) is 7.25. The first-order chi connectivity index (χ1) is 9.44. The number of rotatable bonds is 4. The van der Waals surface area contributed by atoms with Gasteiger partial charge in [0.25, 0.3) is 0 Å². The first kappa shape index (κ1) is 14.8. The maximum absolute atomic E-state index is 5.41. The van der Waals surface area contributed by atoms with Crippen LogP contribution in [-0.2, 0) is 0 Å². The number of anilines is 2. The Bertz CT molecular complexity index is 457. The van der Waals surface area contributed by atoms with E-state index in [1.807, 2.05) is 6.92 Å². The van der Waals surface area contributed by atoms with Crippen LogP contribution >= 0.6 is 0 Å². The van der Waals surface area contributed by atoms with Crippen LogP contribution in [0.4, 0.5) is 11.9 Å². The fourth-order valence-corrected chi connectivity index (χ4v) is 2.44. The Hall–Kier alpha value is -1.59. The molecule has 112 valence electrons. The molecule has 2 heterocycles. The Balaban J connectivity index is 2.18. The molecule has 0 radical (unpaired) electrons. The van der Waals surface area contributed by atoms with Gasteiger partial charge in [-0.05, 0) is 24.7 Å². The molecule has 0 saturated carbocycles. The zero-order valence-corrected chi connectivity index (χ0v) is 13.1. The molecule has 0 aliphatic carbocycles. The minimum atomic E-state index is 0.316. The Morgan fingerprint density at radius 1 is 1.30 bits per heavy atom. The fraction of sp³-hybridized carbons (Fsp3) is 0.786. The molecular formula is C14H25N5O. The lowest BCUT2D eigenvalue weighted by Crippen LogP contribution is -2.27. The monoisotopic (exact) mass is 279 g/mol. The highest BCUT2D eigenvalue weighted by atomic mass is 16.5. The van der Waals surface area contributed by atoms with E-state index < -0.39 is 0 Å². The molecule has 6 nitrogen and oxygen atoms in total. The summed E-state index contributed by atoms with van der Waals surface area (Å²) in [6.45, 7) is 11.3. The van der Waals surface area contributed by atoms with E-state index in [-0.39, 0.29) is 0 Å². The highest BCUT2D eigenvalue weighted by molar-refractivity contribution is 5.39. The summed E-state index contributed by atoms with van der Waals surface area (Å²) in [7, 11) is 1.80. The van der Waals surface area contributed by atoms with E-state index in [1.165, 1.54) is 6.42 Å². The van der Waals surface area contributed by atoms with Crippen LogP contribution in [0.15, 0.2) is 0 Å². The van der Waals surface area contributed by atoms with Crippen LogP contribution in [0.1, 0.15) is 34.1 Å². The largest absolute Gasteiger partial charge is 0.464 e. The van der Waals surface area contributed by atoms with Gasteiger partial charge in [0.1, 0.15) is 0 Å². The van der Waals surface area contributed by atoms with Crippen molar-refractivity contribution in [3.63, 3.8) is 0 Å². The second kappa shape index (κ2) is 5.81. The molecule has 1 fully saturated rings. The van der Waals surface area contributed by atoms with Gasteiger partial charge in [-0.2, -0.15) is 15.0 Å². The number of nitrogens with one attached hydrogen (secondary N) is 1. The summed E-state index contributed by atoms with van der Waals surface area (Å²) in [6.07, 6.45) is 1.17. The number of hydrogen-bond donors (Lipinski definition) is 1. The fourth-order valence-electron chi connectivity index (χ4n) is 2.44. The van der Waals surface area contributed by atoms with Crippen LogP contribution in [0.3, 0.4) is 0 Å². The Labute approximate surface area is 121 Å². The van der Waals surface area contributed by atoms with E-state index in [0.29, 0.717) is 35.8 Å². The van der Waals surface area contributed by atoms with Crippen LogP contribution < -0.4 is 15.0 Å². The van der Waals surface area contributed by atoms with E-state index in [0.717, 1.165) is 13.1 Å². The number of aromatic nitrogens is 3. The van der Waals surface area contributed by atoms with Crippen molar-refractivity contribution < 1.29 is 4.74 Å². The normalized spacial score (nSPS) is 19.2. The second-order valence-electron chi connectivity index (χ2n) is 6.22. The number of hydrogen-bond acceptors (Lipinski definition) is 6. The maximum Gasteiger partial charge on any atom is 0.323 e. The molecular weight excluding hydrogens is 254 g/mol. The van der Waals surface area contributed by atoms with Crippen molar-refractivity contribution in [1.82, 2.24) is 15.0 Å². The lowest BCUT2D eigenvalue weighted by Gasteiger charge is -2.27. The molecule has 1 aliphatic rings. The van der Waals surface area contributed by atoms with Gasteiger partial charge in [-0.15, -0.1) is 0 Å². The molecule has 1 unspecified atom stereocenters. The third-order valence-corrected chi connectivity index (χ3v) is 3.80. The molecule has 1 aromatic heterocycles. The van der Waals surface area contributed by atoms with Gasteiger partial charge in [0.15, 0.2) is 0 Å². The first-order valence-corrected chi connectivity index (χ1v) is 7.25. The van der Waals surface area contributed by atoms with Gasteiger partial charge in [0.05, 0.1) is 6.61 Å². The van der Waals surface area contributed by atoms with Crippen LogP contribution in [-0.4, -0.2) is 41.7 Å². The van der Waals surface area contributed by atoms with E-state index >= 15 is 0 Å². The summed E-state index contributed by atoms with van der Waals surface area (Å²) in [4.78, 5) is 15.3. The SMILES string of the molecule is CCOc1nc(NC)nc(N2CCC(C(C)(C)C)C2)n1. The number of nitrogens with zero attached hydrogens (tertiary/aromatic N) is 4. The van der Waals surface area contributed by atoms with Crippen molar-refractivity contribution in [2.24, 2.45) is 11.3 Å². The van der Waals surface area contributed by atoms with Crippen molar-refractivity contribution in [3.8, 4) is 6.01 Å². The van der Waals surface area contributed by atoms with Gasteiger partial charge in [-0.1, -0.05) is 20.8 Å². The van der Waals surface area contributed by atoms with E-state index in [9.17, 15) is 0 Å². The van der Waals surface area contributed by atoms with Gasteiger partial charge in [0.2, 0.25) is 11.9 Å².